The molecule has 0 radical (unpaired) electrons. The van der Waals surface area contributed by atoms with E-state index in [-0.39, 0.29) is 0 Å². The maximum Gasteiger partial charge on any atom is 0.0474 e. The third kappa shape index (κ3) is 3.51. The minimum atomic E-state index is 0.569. The quantitative estimate of drug-likeness (QED) is 0.574. The molecule has 2 heteroatoms. The van der Waals surface area contributed by atoms with Crippen molar-refractivity contribution in [2.75, 3.05) is 11.9 Å². The van der Waals surface area contributed by atoms with Crippen molar-refractivity contribution in [3.05, 3.63) is 42.0 Å². The zero-order chi connectivity index (χ0) is 9.52. The molecule has 1 N–H and O–H groups in total. The van der Waals surface area contributed by atoms with Crippen LogP contribution in [0.5, 0.6) is 0 Å². The van der Waals surface area contributed by atoms with Gasteiger partial charge in [0.2, 0.25) is 0 Å². The molecule has 1 nitrogen and oxygen atoms in total. The number of halogens is 1. The maximum atomic E-state index is 5.72. The van der Waals surface area contributed by atoms with Gasteiger partial charge in [-0.05, 0) is 24.6 Å². The summed E-state index contributed by atoms with van der Waals surface area (Å²) in [5.74, 6) is 0.569. The van der Waals surface area contributed by atoms with Gasteiger partial charge in [-0.2, -0.15) is 0 Å². The molecule has 1 aromatic carbocycles. The first-order chi connectivity index (χ1) is 6.36. The summed E-state index contributed by atoms with van der Waals surface area (Å²) in [4.78, 5) is 0. The Hall–Kier alpha value is -0.950. The summed E-state index contributed by atoms with van der Waals surface area (Å²) in [5.41, 5.74) is 2.27. The molecular weight excluding hydrogens is 182 g/mol. The Balaban J connectivity index is 2.56. The molecule has 0 unspecified atom stereocenters. The fourth-order valence-electron chi connectivity index (χ4n) is 1.06. The van der Waals surface area contributed by atoms with Crippen LogP contribution in [0.1, 0.15) is 12.5 Å². The van der Waals surface area contributed by atoms with Gasteiger partial charge in [0.1, 0.15) is 0 Å². The Bertz CT molecular complexity index is 281. The van der Waals surface area contributed by atoms with Gasteiger partial charge in [-0.25, -0.2) is 0 Å². The van der Waals surface area contributed by atoms with Crippen molar-refractivity contribution in [1.82, 2.24) is 0 Å². The van der Waals surface area contributed by atoms with Crippen LogP contribution in [0, 0.1) is 0 Å². The van der Waals surface area contributed by atoms with Crippen molar-refractivity contribution in [2.24, 2.45) is 0 Å². The van der Waals surface area contributed by atoms with E-state index in [0.717, 1.165) is 17.8 Å². The van der Waals surface area contributed by atoms with Crippen LogP contribution in [-0.4, -0.2) is 6.54 Å². The minimum Gasteiger partial charge on any atom is -0.382 e. The Morgan fingerprint density at radius 3 is 3.00 bits per heavy atom. The molecule has 0 aliphatic heterocycles. The van der Waals surface area contributed by atoms with Crippen LogP contribution in [0.25, 0.3) is 0 Å². The summed E-state index contributed by atoms with van der Waals surface area (Å²) in [6.45, 7) is 2.87. The second-order valence-electron chi connectivity index (χ2n) is 2.78. The molecule has 0 aliphatic rings. The van der Waals surface area contributed by atoms with E-state index in [2.05, 4.69) is 17.5 Å². The third-order valence-corrected chi connectivity index (χ3v) is 2.05. The minimum absolute atomic E-state index is 0.569. The molecular formula is C11H14ClN. The van der Waals surface area contributed by atoms with E-state index in [9.17, 15) is 0 Å². The fourth-order valence-corrected chi connectivity index (χ4v) is 1.23. The van der Waals surface area contributed by atoms with Crippen molar-refractivity contribution in [2.45, 2.75) is 12.8 Å². The standard InChI is InChI=1S/C11H14ClN/c1-2-3-7-13-11-6-4-5-10(8-11)9-12/h2-6,8,13H,7,9H2,1H3/b3-2+. The van der Waals surface area contributed by atoms with Gasteiger partial charge in [-0.15, -0.1) is 11.6 Å². The van der Waals surface area contributed by atoms with Crippen molar-refractivity contribution in [3.8, 4) is 0 Å². The molecule has 13 heavy (non-hydrogen) atoms. The first-order valence-corrected chi connectivity index (χ1v) is 4.90. The number of hydrogen-bond donors (Lipinski definition) is 1. The number of nitrogens with one attached hydrogen (secondary N) is 1. The summed E-state index contributed by atoms with van der Waals surface area (Å²) in [6, 6.07) is 8.14. The lowest BCUT2D eigenvalue weighted by Crippen LogP contribution is -1.97. The van der Waals surface area contributed by atoms with Gasteiger partial charge in [-0.1, -0.05) is 24.3 Å². The van der Waals surface area contributed by atoms with Crippen LogP contribution in [-0.2, 0) is 5.88 Å². The van der Waals surface area contributed by atoms with Crippen LogP contribution in [0.15, 0.2) is 36.4 Å². The van der Waals surface area contributed by atoms with Crippen LogP contribution in [0.4, 0.5) is 5.69 Å². The molecule has 1 rings (SSSR count). The normalized spacial score (nSPS) is 10.6. The molecule has 0 amide bonds. The average molecular weight is 196 g/mol. The van der Waals surface area contributed by atoms with Crippen LogP contribution >= 0.6 is 11.6 Å². The lowest BCUT2D eigenvalue weighted by atomic mass is 10.2. The Labute approximate surface area is 84.4 Å². The van der Waals surface area contributed by atoms with Gasteiger partial charge in [0.05, 0.1) is 0 Å². The van der Waals surface area contributed by atoms with Gasteiger partial charge in [0.15, 0.2) is 0 Å². The molecule has 0 spiro atoms. The van der Waals surface area contributed by atoms with Crippen LogP contribution in [0.3, 0.4) is 0 Å². The second kappa shape index (κ2) is 5.65. The zero-order valence-electron chi connectivity index (χ0n) is 7.76. The van der Waals surface area contributed by atoms with Gasteiger partial charge in [0, 0.05) is 18.1 Å². The molecule has 0 saturated heterocycles. The Kier molecular flexibility index (Phi) is 4.41. The van der Waals surface area contributed by atoms with E-state index in [1.165, 1.54) is 0 Å². The number of hydrogen-bond acceptors (Lipinski definition) is 1. The second-order valence-corrected chi connectivity index (χ2v) is 3.05. The van der Waals surface area contributed by atoms with Gasteiger partial charge >= 0.3 is 0 Å². The maximum absolute atomic E-state index is 5.72. The average Bonchev–Trinajstić information content (AvgIpc) is 2.19. The van der Waals surface area contributed by atoms with Crippen LogP contribution < -0.4 is 5.32 Å². The molecule has 0 heterocycles. The Morgan fingerprint density at radius 2 is 2.31 bits per heavy atom. The van der Waals surface area contributed by atoms with Crippen molar-refractivity contribution < 1.29 is 0 Å². The molecule has 0 aromatic heterocycles. The van der Waals surface area contributed by atoms with Gasteiger partial charge in [-0.3, -0.25) is 0 Å². The SMILES string of the molecule is C/C=C/CNc1cccc(CCl)c1. The molecule has 70 valence electrons. The van der Waals surface area contributed by atoms with E-state index in [0.29, 0.717) is 5.88 Å². The topological polar surface area (TPSA) is 12.0 Å². The first kappa shape index (κ1) is 10.1. The lowest BCUT2D eigenvalue weighted by molar-refractivity contribution is 1.30. The van der Waals surface area contributed by atoms with Crippen molar-refractivity contribution in [3.63, 3.8) is 0 Å². The van der Waals surface area contributed by atoms with E-state index in [4.69, 9.17) is 11.6 Å². The molecule has 0 fully saturated rings. The molecule has 0 atom stereocenters. The smallest absolute Gasteiger partial charge is 0.0474 e. The van der Waals surface area contributed by atoms with E-state index in [1.807, 2.05) is 31.2 Å². The highest BCUT2D eigenvalue weighted by Gasteiger charge is 1.92. The number of benzene rings is 1. The summed E-state index contributed by atoms with van der Waals surface area (Å²) >= 11 is 5.72. The summed E-state index contributed by atoms with van der Waals surface area (Å²) in [5, 5.41) is 3.27. The number of anilines is 1. The number of allylic oxidation sites excluding steroid dienone is 1. The monoisotopic (exact) mass is 195 g/mol. The van der Waals surface area contributed by atoms with Crippen molar-refractivity contribution in [1.29, 1.82) is 0 Å². The Morgan fingerprint density at radius 1 is 1.46 bits per heavy atom. The molecule has 1 aromatic rings. The fraction of sp³-hybridized carbons (Fsp3) is 0.273. The van der Waals surface area contributed by atoms with E-state index >= 15 is 0 Å². The van der Waals surface area contributed by atoms with Crippen molar-refractivity contribution >= 4 is 17.3 Å². The highest BCUT2D eigenvalue weighted by molar-refractivity contribution is 6.17. The van der Waals surface area contributed by atoms with E-state index < -0.39 is 0 Å². The zero-order valence-corrected chi connectivity index (χ0v) is 8.51. The van der Waals surface area contributed by atoms with E-state index in [1.54, 1.807) is 0 Å². The first-order valence-electron chi connectivity index (χ1n) is 4.36. The number of alkyl halides is 1. The molecule has 0 bridgehead atoms. The predicted octanol–water partition coefficient (Wildman–Crippen LogP) is 3.41. The molecule has 0 aliphatic carbocycles. The number of rotatable bonds is 4. The predicted molar refractivity (Wildman–Crippen MR) is 59.3 cm³/mol. The highest BCUT2D eigenvalue weighted by Crippen LogP contribution is 2.11. The summed E-state index contributed by atoms with van der Waals surface area (Å²) in [6.07, 6.45) is 4.10. The van der Waals surface area contributed by atoms with Crippen LogP contribution in [0.2, 0.25) is 0 Å². The lowest BCUT2D eigenvalue weighted by Gasteiger charge is -2.04. The molecule has 0 saturated carbocycles. The van der Waals surface area contributed by atoms with Gasteiger partial charge < -0.3 is 5.32 Å². The third-order valence-electron chi connectivity index (χ3n) is 1.74. The summed E-state index contributed by atoms with van der Waals surface area (Å²) < 4.78 is 0. The van der Waals surface area contributed by atoms with Gasteiger partial charge in [0.25, 0.3) is 0 Å². The largest absolute Gasteiger partial charge is 0.382 e. The highest BCUT2D eigenvalue weighted by atomic mass is 35.5. The summed E-state index contributed by atoms with van der Waals surface area (Å²) in [7, 11) is 0.